The second kappa shape index (κ2) is 6.12. The molecule has 2 heteroatoms. The number of hydrogen-bond donors (Lipinski definition) is 0. The van der Waals surface area contributed by atoms with Crippen molar-refractivity contribution in [3.05, 3.63) is 66.2 Å². The standard InChI is InChI=1S/C22H20O2/c1-15-9-11-16(12-10-15)22(23)24-21-8-4-7-19-13-17-5-2-3-6-18(17)14-20(19)21/h2-9,13-14,16H,10-12H2,1H3. The van der Waals surface area contributed by atoms with E-state index in [1.165, 1.54) is 11.0 Å². The Bertz CT molecular complexity index is 953. The lowest BCUT2D eigenvalue weighted by Gasteiger charge is -2.19. The molecule has 1 unspecified atom stereocenters. The molecular formula is C22H20O2. The molecule has 4 rings (SSSR count). The molecule has 0 spiro atoms. The molecule has 3 aromatic rings. The van der Waals surface area contributed by atoms with Crippen LogP contribution in [0.25, 0.3) is 21.5 Å². The molecule has 0 aromatic heterocycles. The van der Waals surface area contributed by atoms with Gasteiger partial charge in [-0.25, -0.2) is 0 Å². The van der Waals surface area contributed by atoms with E-state index in [2.05, 4.69) is 43.3 Å². The van der Waals surface area contributed by atoms with Crippen LogP contribution in [0.1, 0.15) is 26.2 Å². The summed E-state index contributed by atoms with van der Waals surface area (Å²) >= 11 is 0. The van der Waals surface area contributed by atoms with Crippen molar-refractivity contribution in [3.63, 3.8) is 0 Å². The minimum absolute atomic E-state index is 0.0237. The van der Waals surface area contributed by atoms with Crippen LogP contribution in [0.2, 0.25) is 0 Å². The summed E-state index contributed by atoms with van der Waals surface area (Å²) in [7, 11) is 0. The Balaban J connectivity index is 1.68. The fraction of sp³-hybridized carbons (Fsp3) is 0.227. The maximum absolute atomic E-state index is 12.5. The first-order valence-corrected chi connectivity index (χ1v) is 8.49. The molecule has 0 radical (unpaired) electrons. The zero-order valence-electron chi connectivity index (χ0n) is 13.8. The highest BCUT2D eigenvalue weighted by Crippen LogP contribution is 2.31. The summed E-state index contributed by atoms with van der Waals surface area (Å²) in [6, 6.07) is 18.4. The van der Waals surface area contributed by atoms with Gasteiger partial charge in [0.1, 0.15) is 5.75 Å². The summed E-state index contributed by atoms with van der Waals surface area (Å²) < 4.78 is 5.78. The molecule has 120 valence electrons. The number of hydrogen-bond acceptors (Lipinski definition) is 2. The Hall–Kier alpha value is -2.61. The van der Waals surface area contributed by atoms with Gasteiger partial charge in [0.25, 0.3) is 0 Å². The number of carbonyl (C=O) groups is 1. The van der Waals surface area contributed by atoms with Crippen molar-refractivity contribution in [2.75, 3.05) is 0 Å². The number of carbonyl (C=O) groups excluding carboxylic acids is 1. The van der Waals surface area contributed by atoms with E-state index in [0.717, 1.165) is 35.4 Å². The number of benzene rings is 3. The predicted octanol–water partition coefficient (Wildman–Crippen LogP) is 5.64. The van der Waals surface area contributed by atoms with Crippen LogP contribution in [0.15, 0.2) is 66.2 Å². The van der Waals surface area contributed by atoms with E-state index in [9.17, 15) is 4.79 Å². The summed E-state index contributed by atoms with van der Waals surface area (Å²) in [5.41, 5.74) is 1.37. The molecule has 1 aliphatic rings. The first-order chi connectivity index (χ1) is 11.7. The van der Waals surface area contributed by atoms with Crippen molar-refractivity contribution < 1.29 is 9.53 Å². The van der Waals surface area contributed by atoms with Crippen LogP contribution in [-0.4, -0.2) is 5.97 Å². The summed E-state index contributed by atoms with van der Waals surface area (Å²) in [6.45, 7) is 2.12. The van der Waals surface area contributed by atoms with Gasteiger partial charge < -0.3 is 4.74 Å². The van der Waals surface area contributed by atoms with Crippen molar-refractivity contribution in [2.24, 2.45) is 5.92 Å². The van der Waals surface area contributed by atoms with Crippen LogP contribution in [0.5, 0.6) is 5.75 Å². The topological polar surface area (TPSA) is 26.3 Å². The zero-order chi connectivity index (χ0) is 16.5. The normalized spacial score (nSPS) is 17.7. The molecule has 0 N–H and O–H groups in total. The molecule has 0 saturated carbocycles. The summed E-state index contributed by atoms with van der Waals surface area (Å²) in [6.07, 6.45) is 4.82. The monoisotopic (exact) mass is 316 g/mol. The number of esters is 1. The Morgan fingerprint density at radius 1 is 1.00 bits per heavy atom. The van der Waals surface area contributed by atoms with Crippen molar-refractivity contribution in [3.8, 4) is 5.75 Å². The van der Waals surface area contributed by atoms with Gasteiger partial charge in [-0.1, -0.05) is 48.0 Å². The fourth-order valence-corrected chi connectivity index (χ4v) is 3.40. The van der Waals surface area contributed by atoms with Gasteiger partial charge in [0.2, 0.25) is 0 Å². The number of ether oxygens (including phenoxy) is 1. The van der Waals surface area contributed by atoms with Crippen molar-refractivity contribution in [1.29, 1.82) is 0 Å². The largest absolute Gasteiger partial charge is 0.426 e. The Labute approximate surface area is 141 Å². The van der Waals surface area contributed by atoms with Gasteiger partial charge >= 0.3 is 5.97 Å². The van der Waals surface area contributed by atoms with E-state index in [0.29, 0.717) is 5.75 Å². The Kier molecular flexibility index (Phi) is 3.81. The lowest BCUT2D eigenvalue weighted by atomic mass is 9.90. The van der Waals surface area contributed by atoms with Crippen LogP contribution >= 0.6 is 0 Å². The average molecular weight is 316 g/mol. The maximum Gasteiger partial charge on any atom is 0.314 e. The van der Waals surface area contributed by atoms with Crippen LogP contribution in [0, 0.1) is 5.92 Å². The van der Waals surface area contributed by atoms with Gasteiger partial charge in [0, 0.05) is 5.39 Å². The zero-order valence-corrected chi connectivity index (χ0v) is 13.8. The third kappa shape index (κ3) is 2.80. The van der Waals surface area contributed by atoms with Crippen LogP contribution in [0.4, 0.5) is 0 Å². The van der Waals surface area contributed by atoms with Gasteiger partial charge in [-0.3, -0.25) is 4.79 Å². The second-order valence-corrected chi connectivity index (χ2v) is 6.62. The highest BCUT2D eigenvalue weighted by Gasteiger charge is 2.23. The lowest BCUT2D eigenvalue weighted by molar-refractivity contribution is -0.139. The Morgan fingerprint density at radius 2 is 1.75 bits per heavy atom. The van der Waals surface area contributed by atoms with Gasteiger partial charge in [0.15, 0.2) is 0 Å². The van der Waals surface area contributed by atoms with E-state index in [1.807, 2.05) is 24.3 Å². The summed E-state index contributed by atoms with van der Waals surface area (Å²) in [5.74, 6) is 0.526. The molecule has 0 saturated heterocycles. The van der Waals surface area contributed by atoms with E-state index >= 15 is 0 Å². The van der Waals surface area contributed by atoms with Gasteiger partial charge in [-0.2, -0.15) is 0 Å². The SMILES string of the molecule is CC1=CCC(C(=O)Oc2cccc3cc4ccccc4cc23)CC1. The lowest BCUT2D eigenvalue weighted by Crippen LogP contribution is -2.22. The summed E-state index contributed by atoms with van der Waals surface area (Å²) in [4.78, 5) is 12.5. The quantitative estimate of drug-likeness (QED) is 0.264. The molecule has 0 fully saturated rings. The minimum Gasteiger partial charge on any atom is -0.426 e. The minimum atomic E-state index is -0.112. The van der Waals surface area contributed by atoms with Gasteiger partial charge in [-0.15, -0.1) is 0 Å². The van der Waals surface area contributed by atoms with Crippen molar-refractivity contribution in [1.82, 2.24) is 0 Å². The van der Waals surface area contributed by atoms with E-state index in [1.54, 1.807) is 0 Å². The first kappa shape index (κ1) is 14.9. The maximum atomic E-state index is 12.5. The number of allylic oxidation sites excluding steroid dienone is 2. The molecule has 0 aliphatic heterocycles. The molecule has 0 amide bonds. The molecule has 1 aliphatic carbocycles. The fourth-order valence-electron chi connectivity index (χ4n) is 3.40. The van der Waals surface area contributed by atoms with Crippen molar-refractivity contribution >= 4 is 27.5 Å². The van der Waals surface area contributed by atoms with Crippen molar-refractivity contribution in [2.45, 2.75) is 26.2 Å². The summed E-state index contributed by atoms with van der Waals surface area (Å²) in [5, 5.41) is 4.44. The second-order valence-electron chi connectivity index (χ2n) is 6.62. The Morgan fingerprint density at radius 3 is 2.50 bits per heavy atom. The highest BCUT2D eigenvalue weighted by atomic mass is 16.5. The predicted molar refractivity (Wildman–Crippen MR) is 98.2 cm³/mol. The van der Waals surface area contributed by atoms with E-state index in [4.69, 9.17) is 4.74 Å². The molecule has 2 nitrogen and oxygen atoms in total. The van der Waals surface area contributed by atoms with Crippen LogP contribution < -0.4 is 4.74 Å². The molecule has 0 bridgehead atoms. The van der Waals surface area contributed by atoms with Gasteiger partial charge in [0.05, 0.1) is 5.92 Å². The van der Waals surface area contributed by atoms with Crippen LogP contribution in [-0.2, 0) is 4.79 Å². The van der Waals surface area contributed by atoms with Gasteiger partial charge in [-0.05, 0) is 60.5 Å². The molecule has 0 heterocycles. The molecular weight excluding hydrogens is 296 g/mol. The third-order valence-electron chi connectivity index (χ3n) is 4.89. The first-order valence-electron chi connectivity index (χ1n) is 8.49. The molecule has 1 atom stereocenters. The number of fused-ring (bicyclic) bond motifs is 2. The number of rotatable bonds is 2. The smallest absolute Gasteiger partial charge is 0.314 e. The highest BCUT2D eigenvalue weighted by molar-refractivity contribution is 6.01. The molecule has 3 aromatic carbocycles. The van der Waals surface area contributed by atoms with E-state index in [-0.39, 0.29) is 11.9 Å². The average Bonchev–Trinajstić information content (AvgIpc) is 2.61. The third-order valence-corrected chi connectivity index (χ3v) is 4.89. The van der Waals surface area contributed by atoms with E-state index < -0.39 is 0 Å². The molecule has 24 heavy (non-hydrogen) atoms. The van der Waals surface area contributed by atoms with Crippen LogP contribution in [0.3, 0.4) is 0 Å².